The number of nitrogens with one attached hydrogen (secondary N) is 1. The van der Waals surface area contributed by atoms with E-state index in [-0.39, 0.29) is 0 Å². The Morgan fingerprint density at radius 2 is 1.75 bits per heavy atom. The van der Waals surface area contributed by atoms with E-state index in [0.717, 1.165) is 18.0 Å². The lowest BCUT2D eigenvalue weighted by molar-refractivity contribution is 0.280. The van der Waals surface area contributed by atoms with E-state index in [9.17, 15) is 0 Å². The van der Waals surface area contributed by atoms with Gasteiger partial charge in [-0.1, -0.05) is 36.6 Å². The van der Waals surface area contributed by atoms with Crippen LogP contribution < -0.4 is 5.32 Å². The molecule has 0 radical (unpaired) electrons. The molecule has 1 aromatic carbocycles. The Balaban J connectivity index is 1.64. The van der Waals surface area contributed by atoms with E-state index in [0.29, 0.717) is 6.04 Å². The standard InChI is InChI=1S/C17H27ClN2/c1-15(14-16-6-8-17(18)9-7-16)19-10-13-20-11-4-2-3-5-12-20/h6-9,15,19H,2-5,10-14H2,1H3. The SMILES string of the molecule is CC(Cc1ccc(Cl)cc1)NCCN1CCCCCC1. The third-order valence-corrected chi connectivity index (χ3v) is 4.33. The Morgan fingerprint density at radius 3 is 2.40 bits per heavy atom. The molecule has 1 aliphatic rings. The first kappa shape index (κ1) is 15.8. The Bertz CT molecular complexity index is 369. The van der Waals surface area contributed by atoms with E-state index in [2.05, 4.69) is 29.3 Å². The van der Waals surface area contributed by atoms with Crippen molar-refractivity contribution in [3.8, 4) is 0 Å². The van der Waals surface area contributed by atoms with Crippen LogP contribution >= 0.6 is 11.6 Å². The van der Waals surface area contributed by atoms with Gasteiger partial charge in [-0.2, -0.15) is 0 Å². The van der Waals surface area contributed by atoms with Crippen molar-refractivity contribution in [3.05, 3.63) is 34.9 Å². The van der Waals surface area contributed by atoms with Crippen LogP contribution in [0.4, 0.5) is 0 Å². The zero-order chi connectivity index (χ0) is 14.2. The Kier molecular flexibility index (Phi) is 6.85. The highest BCUT2D eigenvalue weighted by Gasteiger charge is 2.09. The van der Waals surface area contributed by atoms with Gasteiger partial charge >= 0.3 is 0 Å². The van der Waals surface area contributed by atoms with Crippen LogP contribution in [0.2, 0.25) is 5.02 Å². The summed E-state index contributed by atoms with van der Waals surface area (Å²) in [4.78, 5) is 2.61. The van der Waals surface area contributed by atoms with Crippen LogP contribution in [0.25, 0.3) is 0 Å². The zero-order valence-corrected chi connectivity index (χ0v) is 13.3. The second kappa shape index (κ2) is 8.66. The molecular formula is C17H27ClN2. The van der Waals surface area contributed by atoms with Gasteiger partial charge in [0.15, 0.2) is 0 Å². The molecular weight excluding hydrogens is 268 g/mol. The molecule has 20 heavy (non-hydrogen) atoms. The molecule has 0 saturated carbocycles. The van der Waals surface area contributed by atoms with Crippen molar-refractivity contribution in [2.75, 3.05) is 26.2 Å². The summed E-state index contributed by atoms with van der Waals surface area (Å²) in [5, 5.41) is 4.45. The van der Waals surface area contributed by atoms with Gasteiger partial charge in [0.05, 0.1) is 0 Å². The fourth-order valence-electron chi connectivity index (χ4n) is 2.88. The van der Waals surface area contributed by atoms with E-state index >= 15 is 0 Å². The maximum absolute atomic E-state index is 5.91. The summed E-state index contributed by atoms with van der Waals surface area (Å²) in [5.74, 6) is 0. The third-order valence-electron chi connectivity index (χ3n) is 4.07. The minimum absolute atomic E-state index is 0.517. The van der Waals surface area contributed by atoms with Crippen LogP contribution in [0.1, 0.15) is 38.2 Å². The molecule has 0 spiro atoms. The summed E-state index contributed by atoms with van der Waals surface area (Å²) in [5.41, 5.74) is 1.35. The molecule has 2 nitrogen and oxygen atoms in total. The van der Waals surface area contributed by atoms with Gasteiger partial charge < -0.3 is 10.2 Å². The topological polar surface area (TPSA) is 15.3 Å². The highest BCUT2D eigenvalue weighted by atomic mass is 35.5. The fraction of sp³-hybridized carbons (Fsp3) is 0.647. The average molecular weight is 295 g/mol. The highest BCUT2D eigenvalue weighted by Crippen LogP contribution is 2.11. The number of hydrogen-bond donors (Lipinski definition) is 1. The molecule has 0 amide bonds. The number of nitrogens with zero attached hydrogens (tertiary/aromatic N) is 1. The molecule has 0 aliphatic carbocycles. The van der Waals surface area contributed by atoms with Crippen molar-refractivity contribution in [3.63, 3.8) is 0 Å². The maximum Gasteiger partial charge on any atom is 0.0406 e. The first-order chi connectivity index (χ1) is 9.74. The van der Waals surface area contributed by atoms with Gasteiger partial charge in [0.2, 0.25) is 0 Å². The first-order valence-corrected chi connectivity index (χ1v) is 8.32. The first-order valence-electron chi connectivity index (χ1n) is 7.94. The van der Waals surface area contributed by atoms with Gasteiger partial charge in [-0.05, 0) is 57.0 Å². The van der Waals surface area contributed by atoms with Gasteiger partial charge in [0.1, 0.15) is 0 Å². The lowest BCUT2D eigenvalue weighted by Crippen LogP contribution is -2.37. The van der Waals surface area contributed by atoms with Crippen molar-refractivity contribution in [2.45, 2.75) is 45.1 Å². The van der Waals surface area contributed by atoms with Crippen LogP contribution in [0, 0.1) is 0 Å². The molecule has 3 heteroatoms. The predicted molar refractivity (Wildman–Crippen MR) is 87.5 cm³/mol. The second-order valence-corrected chi connectivity index (χ2v) is 6.38. The van der Waals surface area contributed by atoms with E-state index in [4.69, 9.17) is 11.6 Å². The molecule has 0 bridgehead atoms. The lowest BCUT2D eigenvalue weighted by atomic mass is 10.1. The number of benzene rings is 1. The molecule has 2 rings (SSSR count). The van der Waals surface area contributed by atoms with E-state index < -0.39 is 0 Å². The number of halogens is 1. The van der Waals surface area contributed by atoms with Crippen LogP contribution in [-0.4, -0.2) is 37.1 Å². The van der Waals surface area contributed by atoms with Crippen molar-refractivity contribution in [2.24, 2.45) is 0 Å². The molecule has 1 N–H and O–H groups in total. The van der Waals surface area contributed by atoms with Gasteiger partial charge in [-0.3, -0.25) is 0 Å². The highest BCUT2D eigenvalue weighted by molar-refractivity contribution is 6.30. The van der Waals surface area contributed by atoms with E-state index in [1.54, 1.807) is 0 Å². The van der Waals surface area contributed by atoms with Crippen molar-refractivity contribution in [1.29, 1.82) is 0 Å². The predicted octanol–water partition coefficient (Wildman–Crippen LogP) is 3.74. The molecule has 1 aromatic rings. The van der Waals surface area contributed by atoms with Crippen molar-refractivity contribution < 1.29 is 0 Å². The summed E-state index contributed by atoms with van der Waals surface area (Å²) in [6.07, 6.45) is 6.64. The molecule has 1 unspecified atom stereocenters. The van der Waals surface area contributed by atoms with E-state index in [1.807, 2.05) is 12.1 Å². The quantitative estimate of drug-likeness (QED) is 0.860. The minimum atomic E-state index is 0.517. The molecule has 1 atom stereocenters. The third kappa shape index (κ3) is 5.82. The summed E-state index contributed by atoms with van der Waals surface area (Å²) in [6.45, 7) is 7.11. The van der Waals surface area contributed by atoms with Crippen LogP contribution in [0.3, 0.4) is 0 Å². The largest absolute Gasteiger partial charge is 0.313 e. The molecule has 1 aliphatic heterocycles. The molecule has 1 heterocycles. The normalized spacial score (nSPS) is 18.7. The molecule has 1 saturated heterocycles. The van der Waals surface area contributed by atoms with E-state index in [1.165, 1.54) is 50.9 Å². The summed E-state index contributed by atoms with van der Waals surface area (Å²) in [7, 11) is 0. The van der Waals surface area contributed by atoms with Crippen molar-refractivity contribution in [1.82, 2.24) is 10.2 Å². The number of likely N-dealkylation sites (tertiary alicyclic amines) is 1. The summed E-state index contributed by atoms with van der Waals surface area (Å²) in [6, 6.07) is 8.70. The van der Waals surface area contributed by atoms with Gasteiger partial charge in [-0.15, -0.1) is 0 Å². The molecule has 0 aromatic heterocycles. The van der Waals surface area contributed by atoms with Gasteiger partial charge in [0, 0.05) is 24.2 Å². The Morgan fingerprint density at radius 1 is 1.10 bits per heavy atom. The summed E-state index contributed by atoms with van der Waals surface area (Å²) < 4.78 is 0. The average Bonchev–Trinajstić information content (AvgIpc) is 2.70. The van der Waals surface area contributed by atoms with Gasteiger partial charge in [-0.25, -0.2) is 0 Å². The van der Waals surface area contributed by atoms with Crippen LogP contribution in [0.15, 0.2) is 24.3 Å². The van der Waals surface area contributed by atoms with Crippen LogP contribution in [-0.2, 0) is 6.42 Å². The summed E-state index contributed by atoms with van der Waals surface area (Å²) >= 11 is 5.91. The second-order valence-electron chi connectivity index (χ2n) is 5.94. The zero-order valence-electron chi connectivity index (χ0n) is 12.6. The Hall–Kier alpha value is -0.570. The minimum Gasteiger partial charge on any atom is -0.313 e. The smallest absolute Gasteiger partial charge is 0.0406 e. The fourth-order valence-corrected chi connectivity index (χ4v) is 3.00. The monoisotopic (exact) mass is 294 g/mol. The number of hydrogen-bond acceptors (Lipinski definition) is 2. The van der Waals surface area contributed by atoms with Crippen molar-refractivity contribution >= 4 is 11.6 Å². The number of rotatable bonds is 6. The Labute approximate surface area is 128 Å². The molecule has 112 valence electrons. The molecule has 1 fully saturated rings. The van der Waals surface area contributed by atoms with Crippen LogP contribution in [0.5, 0.6) is 0 Å². The lowest BCUT2D eigenvalue weighted by Gasteiger charge is -2.21. The maximum atomic E-state index is 5.91. The van der Waals surface area contributed by atoms with Gasteiger partial charge in [0.25, 0.3) is 0 Å².